The van der Waals surface area contributed by atoms with Crippen molar-refractivity contribution in [2.75, 3.05) is 0 Å². The number of benzene rings is 4. The topological polar surface area (TPSA) is 0 Å². The van der Waals surface area contributed by atoms with Gasteiger partial charge in [0.1, 0.15) is 0 Å². The summed E-state index contributed by atoms with van der Waals surface area (Å²) in [6, 6.07) is 22.1. The molecular weight excluding hydrogens is 506 g/mol. The molecular formula is C30H18F6S. The second-order valence-corrected chi connectivity index (χ2v) is 9.60. The van der Waals surface area contributed by atoms with Gasteiger partial charge in [0.25, 0.3) is 0 Å². The first-order valence-corrected chi connectivity index (χ1v) is 12.0. The van der Waals surface area contributed by atoms with Crippen LogP contribution in [0.1, 0.15) is 33.4 Å². The van der Waals surface area contributed by atoms with Gasteiger partial charge >= 0.3 is 12.4 Å². The van der Waals surface area contributed by atoms with Crippen LogP contribution in [-0.2, 0) is 12.4 Å². The summed E-state index contributed by atoms with van der Waals surface area (Å²) in [5.74, 6) is 0. The van der Waals surface area contributed by atoms with Gasteiger partial charge in [0, 0.05) is 20.2 Å². The zero-order valence-electron chi connectivity index (χ0n) is 19.1. The summed E-state index contributed by atoms with van der Waals surface area (Å²) in [7, 11) is 0. The van der Waals surface area contributed by atoms with E-state index in [0.717, 1.165) is 55.6 Å². The molecule has 0 unspecified atom stereocenters. The number of hydrogen-bond acceptors (Lipinski definition) is 1. The molecule has 0 aliphatic heterocycles. The Labute approximate surface area is 212 Å². The normalized spacial score (nSPS) is 12.9. The molecule has 1 heterocycles. The lowest BCUT2D eigenvalue weighted by Gasteiger charge is -2.05. The van der Waals surface area contributed by atoms with Gasteiger partial charge < -0.3 is 0 Å². The second kappa shape index (κ2) is 9.56. The lowest BCUT2D eigenvalue weighted by Crippen LogP contribution is -2.03. The van der Waals surface area contributed by atoms with Crippen molar-refractivity contribution >= 4 is 55.8 Å². The maximum absolute atomic E-state index is 12.7. The van der Waals surface area contributed by atoms with Crippen LogP contribution in [0.5, 0.6) is 0 Å². The zero-order chi connectivity index (χ0) is 26.2. The molecule has 5 aromatic rings. The molecule has 0 saturated carbocycles. The van der Waals surface area contributed by atoms with Crippen LogP contribution in [0, 0.1) is 0 Å². The summed E-state index contributed by atoms with van der Waals surface area (Å²) >= 11 is 1.62. The van der Waals surface area contributed by atoms with Crippen molar-refractivity contribution in [2.24, 2.45) is 0 Å². The first-order chi connectivity index (χ1) is 17.6. The number of thiophene rings is 1. The van der Waals surface area contributed by atoms with Crippen LogP contribution >= 0.6 is 11.3 Å². The number of hydrogen-bond donors (Lipinski definition) is 0. The molecule has 0 atom stereocenters. The summed E-state index contributed by atoms with van der Waals surface area (Å²) in [5.41, 5.74) is 1.86. The maximum Gasteiger partial charge on any atom is 0.416 e. The van der Waals surface area contributed by atoms with E-state index in [2.05, 4.69) is 0 Å². The fraction of sp³-hybridized carbons (Fsp3) is 0.0667. The molecule has 0 radical (unpaired) electrons. The van der Waals surface area contributed by atoms with Crippen molar-refractivity contribution in [1.82, 2.24) is 0 Å². The molecule has 0 bridgehead atoms. The molecule has 5 rings (SSSR count). The molecule has 0 fully saturated rings. The summed E-state index contributed by atoms with van der Waals surface area (Å²) in [4.78, 5) is 0. The largest absolute Gasteiger partial charge is 0.416 e. The second-order valence-electron chi connectivity index (χ2n) is 8.52. The number of alkyl halides is 6. The van der Waals surface area contributed by atoms with Crippen molar-refractivity contribution in [1.29, 1.82) is 0 Å². The Balaban J connectivity index is 1.36. The van der Waals surface area contributed by atoms with Crippen molar-refractivity contribution in [2.45, 2.75) is 12.4 Å². The van der Waals surface area contributed by atoms with E-state index >= 15 is 0 Å². The van der Waals surface area contributed by atoms with E-state index in [1.54, 1.807) is 23.5 Å². The lowest BCUT2D eigenvalue weighted by molar-refractivity contribution is -0.138. The standard InChI is InChI=1S/C30H18F6S/c31-29(32,33)23-11-5-19(6-12-23)1-3-21-9-15-25-26-16-10-22(18-28(26)37-27(25)17-21)4-2-20-7-13-24(14-8-20)30(34,35)36/h1-18H/b3-1+,4-2+. The van der Waals surface area contributed by atoms with E-state index < -0.39 is 23.5 Å². The Bertz CT molecular complexity index is 1490. The summed E-state index contributed by atoms with van der Waals surface area (Å²) in [5, 5.41) is 2.20. The number of halogens is 6. The number of fused-ring (bicyclic) bond motifs is 3. The molecule has 37 heavy (non-hydrogen) atoms. The summed E-state index contributed by atoms with van der Waals surface area (Å²) in [6.45, 7) is 0. The van der Waals surface area contributed by atoms with Crippen LogP contribution in [0.2, 0.25) is 0 Å². The summed E-state index contributed by atoms with van der Waals surface area (Å²) < 4.78 is 78.6. The van der Waals surface area contributed by atoms with E-state index in [-0.39, 0.29) is 0 Å². The third kappa shape index (κ3) is 5.62. The van der Waals surface area contributed by atoms with Crippen molar-refractivity contribution < 1.29 is 26.3 Å². The van der Waals surface area contributed by atoms with Crippen LogP contribution in [-0.4, -0.2) is 0 Å². The van der Waals surface area contributed by atoms with Gasteiger partial charge in [-0.05, 0) is 58.7 Å². The SMILES string of the molecule is FC(F)(F)c1ccc(/C=C/c2ccc3c(c2)sc2cc(/C=C/c4ccc(C(F)(F)F)cc4)ccc23)cc1. The van der Waals surface area contributed by atoms with Gasteiger partial charge in [-0.2, -0.15) is 26.3 Å². The minimum atomic E-state index is -4.35. The molecule has 0 aliphatic carbocycles. The highest BCUT2D eigenvalue weighted by molar-refractivity contribution is 7.25. The average molecular weight is 525 g/mol. The lowest BCUT2D eigenvalue weighted by atomic mass is 10.1. The maximum atomic E-state index is 12.7. The Morgan fingerprint density at radius 3 is 1.11 bits per heavy atom. The minimum Gasteiger partial charge on any atom is -0.166 e. The average Bonchev–Trinajstić information content (AvgIpc) is 3.22. The molecule has 186 valence electrons. The minimum absolute atomic E-state index is 0.675. The van der Waals surface area contributed by atoms with Crippen LogP contribution in [0.25, 0.3) is 44.5 Å². The van der Waals surface area contributed by atoms with Crippen molar-refractivity contribution in [3.8, 4) is 0 Å². The number of rotatable bonds is 4. The first-order valence-electron chi connectivity index (χ1n) is 11.2. The van der Waals surface area contributed by atoms with Crippen LogP contribution < -0.4 is 0 Å². The molecule has 0 N–H and O–H groups in total. The predicted molar refractivity (Wildman–Crippen MR) is 140 cm³/mol. The first kappa shape index (κ1) is 24.8. The monoisotopic (exact) mass is 524 g/mol. The van der Waals surface area contributed by atoms with Crippen LogP contribution in [0.4, 0.5) is 26.3 Å². The molecule has 0 saturated heterocycles. The molecule has 0 nitrogen and oxygen atoms in total. The molecule has 1 aromatic heterocycles. The fourth-order valence-corrected chi connectivity index (χ4v) is 5.17. The zero-order valence-corrected chi connectivity index (χ0v) is 19.9. The van der Waals surface area contributed by atoms with Crippen LogP contribution in [0.3, 0.4) is 0 Å². The van der Waals surface area contributed by atoms with E-state index in [1.807, 2.05) is 48.6 Å². The molecule has 7 heteroatoms. The van der Waals surface area contributed by atoms with E-state index in [0.29, 0.717) is 11.1 Å². The Morgan fingerprint density at radius 2 is 0.757 bits per heavy atom. The highest BCUT2D eigenvalue weighted by atomic mass is 32.1. The van der Waals surface area contributed by atoms with E-state index in [4.69, 9.17) is 0 Å². The van der Waals surface area contributed by atoms with Crippen molar-refractivity contribution in [3.63, 3.8) is 0 Å². The van der Waals surface area contributed by atoms with Gasteiger partial charge in [-0.3, -0.25) is 0 Å². The van der Waals surface area contributed by atoms with Gasteiger partial charge in [0.15, 0.2) is 0 Å². The third-order valence-corrected chi connectivity index (χ3v) is 7.05. The van der Waals surface area contributed by atoms with Gasteiger partial charge in [-0.1, -0.05) is 72.8 Å². The van der Waals surface area contributed by atoms with Gasteiger partial charge in [0.05, 0.1) is 11.1 Å². The molecule has 0 aliphatic rings. The van der Waals surface area contributed by atoms with Crippen molar-refractivity contribution in [3.05, 3.63) is 118 Å². The summed E-state index contributed by atoms with van der Waals surface area (Å²) in [6.07, 6.45) is -1.43. The highest BCUT2D eigenvalue weighted by Gasteiger charge is 2.30. The fourth-order valence-electron chi connectivity index (χ4n) is 3.97. The van der Waals surface area contributed by atoms with E-state index in [9.17, 15) is 26.3 Å². The predicted octanol–water partition coefficient (Wildman–Crippen LogP) is 10.4. The van der Waals surface area contributed by atoms with Gasteiger partial charge in [-0.15, -0.1) is 11.3 Å². The Hall–Kier alpha value is -3.84. The quantitative estimate of drug-likeness (QED) is 0.162. The van der Waals surface area contributed by atoms with Gasteiger partial charge in [0.2, 0.25) is 0 Å². The highest BCUT2D eigenvalue weighted by Crippen LogP contribution is 2.36. The Kier molecular flexibility index (Phi) is 6.42. The van der Waals surface area contributed by atoms with E-state index in [1.165, 1.54) is 24.3 Å². The molecule has 0 amide bonds. The third-order valence-electron chi connectivity index (χ3n) is 5.93. The Morgan fingerprint density at radius 1 is 0.432 bits per heavy atom. The molecule has 4 aromatic carbocycles. The van der Waals surface area contributed by atoms with Crippen LogP contribution in [0.15, 0.2) is 84.9 Å². The smallest absolute Gasteiger partial charge is 0.166 e. The molecule has 0 spiro atoms. The van der Waals surface area contributed by atoms with Gasteiger partial charge in [-0.25, -0.2) is 0 Å².